The summed E-state index contributed by atoms with van der Waals surface area (Å²) >= 11 is 0. The maximum Gasteiger partial charge on any atom is 0.262 e. The van der Waals surface area contributed by atoms with Crippen LogP contribution in [0.1, 0.15) is 11.8 Å². The molecule has 0 radical (unpaired) electrons. The second-order valence-corrected chi connectivity index (χ2v) is 7.21. The molecular weight excluding hydrogens is 318 g/mol. The Hall–Kier alpha value is -1.97. The molecule has 0 saturated carbocycles. The molecule has 9 heteroatoms. The highest BCUT2D eigenvalue weighted by atomic mass is 32.2. The monoisotopic (exact) mass is 337 g/mol. The highest BCUT2D eigenvalue weighted by molar-refractivity contribution is 7.89. The second kappa shape index (κ2) is 6.26. The van der Waals surface area contributed by atoms with E-state index in [4.69, 9.17) is 4.74 Å². The molecule has 23 heavy (non-hydrogen) atoms. The lowest BCUT2D eigenvalue weighted by Gasteiger charge is -2.31. The Bertz CT molecular complexity index is 772. The van der Waals surface area contributed by atoms with Crippen molar-refractivity contribution in [2.75, 3.05) is 32.1 Å². The van der Waals surface area contributed by atoms with E-state index in [1.165, 1.54) is 16.8 Å². The fourth-order valence-electron chi connectivity index (χ4n) is 2.42. The molecule has 0 unspecified atom stereocenters. The van der Waals surface area contributed by atoms with Crippen LogP contribution in [0.25, 0.3) is 0 Å². The molecule has 1 N–H and O–H groups in total. The van der Waals surface area contributed by atoms with Crippen LogP contribution in [0.4, 0.5) is 5.69 Å². The lowest BCUT2D eigenvalue weighted by Crippen LogP contribution is -2.42. The normalized spacial score (nSPS) is 19.7. The van der Waals surface area contributed by atoms with Crippen LogP contribution in [-0.2, 0) is 21.8 Å². The smallest absolute Gasteiger partial charge is 0.262 e. The first-order valence-electron chi connectivity index (χ1n) is 7.24. The first kappa shape index (κ1) is 15.9. The summed E-state index contributed by atoms with van der Waals surface area (Å²) in [6, 6.07) is 3.73. The van der Waals surface area contributed by atoms with E-state index in [9.17, 15) is 8.42 Å². The fraction of sp³-hybridized carbons (Fsp3) is 0.429. The zero-order valence-corrected chi connectivity index (χ0v) is 13.8. The molecule has 2 aromatic heterocycles. The lowest BCUT2D eigenvalue weighted by atomic mass is 10.2. The quantitative estimate of drug-likeness (QED) is 0.880. The van der Waals surface area contributed by atoms with E-state index in [-0.39, 0.29) is 17.7 Å². The second-order valence-electron chi connectivity index (χ2n) is 5.32. The van der Waals surface area contributed by atoms with Crippen LogP contribution in [0.3, 0.4) is 0 Å². The van der Waals surface area contributed by atoms with E-state index in [2.05, 4.69) is 15.3 Å². The Morgan fingerprint density at radius 3 is 2.78 bits per heavy atom. The van der Waals surface area contributed by atoms with Crippen molar-refractivity contribution in [3.63, 3.8) is 0 Å². The topological polar surface area (TPSA) is 89.4 Å². The van der Waals surface area contributed by atoms with Gasteiger partial charge in [0.15, 0.2) is 5.03 Å². The Labute approximate surface area is 135 Å². The van der Waals surface area contributed by atoms with Crippen LogP contribution < -0.4 is 5.32 Å². The summed E-state index contributed by atoms with van der Waals surface area (Å²) in [6.07, 6.45) is 4.29. The Morgan fingerprint density at radius 2 is 2.17 bits per heavy atom. The molecule has 3 heterocycles. The fourth-order valence-corrected chi connectivity index (χ4v) is 3.81. The van der Waals surface area contributed by atoms with Crippen LogP contribution in [0.2, 0.25) is 0 Å². The maximum atomic E-state index is 12.6. The van der Waals surface area contributed by atoms with Crippen LogP contribution >= 0.6 is 0 Å². The number of hydrogen-bond acceptors (Lipinski definition) is 6. The van der Waals surface area contributed by atoms with Gasteiger partial charge >= 0.3 is 0 Å². The van der Waals surface area contributed by atoms with Gasteiger partial charge in [-0.15, -0.1) is 0 Å². The number of morpholine rings is 1. The van der Waals surface area contributed by atoms with Crippen molar-refractivity contribution in [1.29, 1.82) is 0 Å². The minimum atomic E-state index is -3.61. The first-order chi connectivity index (χ1) is 11.0. The van der Waals surface area contributed by atoms with Gasteiger partial charge in [0.2, 0.25) is 0 Å². The number of nitrogens with zero attached hydrogens (tertiary/aromatic N) is 4. The summed E-state index contributed by atoms with van der Waals surface area (Å²) in [5, 5.41) is 3.05. The highest BCUT2D eigenvalue weighted by Gasteiger charge is 2.33. The van der Waals surface area contributed by atoms with E-state index >= 15 is 0 Å². The SMILES string of the molecule is CNc1ccc([C@H]2CN(S(=O)(=O)c3cn(C)cn3)CCO2)nc1. The van der Waals surface area contributed by atoms with Crippen molar-refractivity contribution in [2.45, 2.75) is 11.1 Å². The predicted octanol–water partition coefficient (Wildman–Crippen LogP) is 0.619. The Morgan fingerprint density at radius 1 is 1.35 bits per heavy atom. The molecule has 1 atom stereocenters. The van der Waals surface area contributed by atoms with Gasteiger partial charge in [-0.1, -0.05) is 0 Å². The van der Waals surface area contributed by atoms with Crippen LogP contribution in [0.5, 0.6) is 0 Å². The number of hydrogen-bond donors (Lipinski definition) is 1. The van der Waals surface area contributed by atoms with Gasteiger partial charge in [-0.25, -0.2) is 13.4 Å². The Kier molecular flexibility index (Phi) is 4.33. The van der Waals surface area contributed by atoms with E-state index in [0.29, 0.717) is 18.8 Å². The van der Waals surface area contributed by atoms with Crippen molar-refractivity contribution in [1.82, 2.24) is 18.8 Å². The van der Waals surface area contributed by atoms with E-state index in [1.54, 1.807) is 17.8 Å². The van der Waals surface area contributed by atoms with Crippen LogP contribution in [-0.4, -0.2) is 54.0 Å². The van der Waals surface area contributed by atoms with E-state index < -0.39 is 10.0 Å². The average Bonchev–Trinajstić information content (AvgIpc) is 3.02. The number of sulfonamides is 1. The first-order valence-corrected chi connectivity index (χ1v) is 8.68. The number of ether oxygens (including phenoxy) is 1. The van der Waals surface area contributed by atoms with Gasteiger partial charge in [0.1, 0.15) is 6.10 Å². The zero-order valence-electron chi connectivity index (χ0n) is 13.0. The molecule has 1 fully saturated rings. The van der Waals surface area contributed by atoms with Gasteiger partial charge in [0, 0.05) is 33.4 Å². The number of rotatable bonds is 4. The van der Waals surface area contributed by atoms with Crippen molar-refractivity contribution in [3.05, 3.63) is 36.5 Å². The molecule has 0 bridgehead atoms. The largest absolute Gasteiger partial charge is 0.387 e. The van der Waals surface area contributed by atoms with Crippen molar-refractivity contribution in [2.24, 2.45) is 7.05 Å². The third-order valence-corrected chi connectivity index (χ3v) is 5.47. The molecule has 8 nitrogen and oxygen atoms in total. The number of imidazole rings is 1. The summed E-state index contributed by atoms with van der Waals surface area (Å²) in [4.78, 5) is 8.29. The van der Waals surface area contributed by atoms with Gasteiger partial charge in [-0.05, 0) is 12.1 Å². The molecule has 0 spiro atoms. The summed E-state index contributed by atoms with van der Waals surface area (Å²) in [6.45, 7) is 0.862. The summed E-state index contributed by atoms with van der Waals surface area (Å²) < 4.78 is 34.0. The van der Waals surface area contributed by atoms with Gasteiger partial charge < -0.3 is 14.6 Å². The van der Waals surface area contributed by atoms with Gasteiger partial charge in [-0.2, -0.15) is 4.31 Å². The molecular formula is C14H19N5O3S. The average molecular weight is 337 g/mol. The molecule has 124 valence electrons. The number of aromatic nitrogens is 3. The zero-order chi connectivity index (χ0) is 16.4. The molecule has 0 aliphatic carbocycles. The Balaban J connectivity index is 1.80. The lowest BCUT2D eigenvalue weighted by molar-refractivity contribution is -0.00498. The molecule has 2 aromatic rings. The molecule has 1 saturated heterocycles. The molecule has 0 amide bonds. The number of anilines is 1. The van der Waals surface area contributed by atoms with Crippen molar-refractivity contribution < 1.29 is 13.2 Å². The molecule has 1 aliphatic heterocycles. The highest BCUT2D eigenvalue weighted by Crippen LogP contribution is 2.25. The van der Waals surface area contributed by atoms with Gasteiger partial charge in [0.25, 0.3) is 10.0 Å². The number of pyridine rings is 1. The third-order valence-electron chi connectivity index (χ3n) is 3.72. The van der Waals surface area contributed by atoms with Crippen LogP contribution in [0.15, 0.2) is 35.9 Å². The maximum absolute atomic E-state index is 12.6. The predicted molar refractivity (Wildman–Crippen MR) is 84.4 cm³/mol. The number of aryl methyl sites for hydroxylation is 1. The van der Waals surface area contributed by atoms with Gasteiger partial charge in [-0.3, -0.25) is 4.98 Å². The third kappa shape index (κ3) is 3.21. The minimum absolute atomic E-state index is 0.0548. The van der Waals surface area contributed by atoms with Gasteiger partial charge in [0.05, 0.1) is 30.5 Å². The van der Waals surface area contributed by atoms with E-state index in [1.807, 2.05) is 19.2 Å². The van der Waals surface area contributed by atoms with Crippen molar-refractivity contribution >= 4 is 15.7 Å². The molecule has 1 aliphatic rings. The summed E-state index contributed by atoms with van der Waals surface area (Å²) in [5.74, 6) is 0. The standard InChI is InChI=1S/C14H19N5O3S/c1-15-11-3-4-12(16-7-11)13-8-19(5-6-22-13)23(20,21)14-9-18(2)10-17-14/h3-4,7,9-10,13,15H,5-6,8H2,1-2H3/t13-/m1/s1. The summed E-state index contributed by atoms with van der Waals surface area (Å²) in [5.41, 5.74) is 1.60. The number of nitrogens with one attached hydrogen (secondary N) is 1. The van der Waals surface area contributed by atoms with Crippen molar-refractivity contribution in [3.8, 4) is 0 Å². The molecule has 3 rings (SSSR count). The molecule has 0 aromatic carbocycles. The minimum Gasteiger partial charge on any atom is -0.387 e. The summed E-state index contributed by atoms with van der Waals surface area (Å²) in [7, 11) is -0.0618. The van der Waals surface area contributed by atoms with E-state index in [0.717, 1.165) is 5.69 Å². The van der Waals surface area contributed by atoms with Crippen LogP contribution in [0, 0.1) is 0 Å².